The van der Waals surface area contributed by atoms with E-state index < -0.39 is 5.91 Å². The van der Waals surface area contributed by atoms with E-state index in [0.29, 0.717) is 11.3 Å². The number of nitrogens with two attached hydrogens (primary N) is 2. The molecule has 0 aliphatic heterocycles. The second-order valence-corrected chi connectivity index (χ2v) is 6.21. The normalized spacial score (nSPS) is 19.4. The Morgan fingerprint density at radius 1 is 1.19 bits per heavy atom. The maximum absolute atomic E-state index is 11.6. The Hall–Kier alpha value is -3.25. The van der Waals surface area contributed by atoms with Gasteiger partial charge in [-0.15, -0.1) is 10.2 Å². The third-order valence-corrected chi connectivity index (χ3v) is 4.33. The van der Waals surface area contributed by atoms with Crippen molar-refractivity contribution in [3.8, 4) is 6.07 Å². The smallest absolute Gasteiger partial charge is 0.273 e. The highest BCUT2D eigenvalue weighted by Gasteiger charge is 2.23. The molecule has 1 aromatic carbocycles. The third kappa shape index (κ3) is 4.04. The van der Waals surface area contributed by atoms with Crippen LogP contribution in [-0.2, 0) is 0 Å². The molecule has 9 heteroatoms. The maximum atomic E-state index is 11.6. The number of nitrogens with one attached hydrogen (secondary N) is 2. The molecular formula is C17H20N8O. The van der Waals surface area contributed by atoms with Gasteiger partial charge in [-0.1, -0.05) is 12.8 Å². The molecule has 3 rings (SSSR count). The van der Waals surface area contributed by atoms with Crippen LogP contribution in [0.15, 0.2) is 24.3 Å². The van der Waals surface area contributed by atoms with Gasteiger partial charge in [0.2, 0.25) is 5.95 Å². The van der Waals surface area contributed by atoms with Gasteiger partial charge in [-0.25, -0.2) is 0 Å². The molecule has 1 aromatic heterocycles. The van der Waals surface area contributed by atoms with Crippen LogP contribution in [0.1, 0.15) is 41.7 Å². The monoisotopic (exact) mass is 352 g/mol. The molecule has 0 spiro atoms. The number of nitriles is 1. The minimum atomic E-state index is -0.734. The largest absolute Gasteiger partial charge is 0.364 e. The van der Waals surface area contributed by atoms with Gasteiger partial charge < -0.3 is 22.1 Å². The second kappa shape index (κ2) is 7.76. The van der Waals surface area contributed by atoms with Gasteiger partial charge in [0, 0.05) is 17.8 Å². The van der Waals surface area contributed by atoms with Crippen molar-refractivity contribution in [2.24, 2.45) is 11.5 Å². The van der Waals surface area contributed by atoms with Gasteiger partial charge in [0.15, 0.2) is 11.5 Å². The minimum absolute atomic E-state index is 0.0260. The summed E-state index contributed by atoms with van der Waals surface area (Å²) in [5.74, 6) is -0.250. The molecule has 0 bridgehead atoms. The molecule has 2 aromatic rings. The average Bonchev–Trinajstić information content (AvgIpc) is 2.64. The SMILES string of the molecule is N#Cc1ccc(Nc2nc(N[C@@H]3CCCC[C@@H]3N)nnc2C(N)=O)cc1. The van der Waals surface area contributed by atoms with E-state index in [4.69, 9.17) is 16.7 Å². The van der Waals surface area contributed by atoms with E-state index in [1.807, 2.05) is 6.07 Å². The van der Waals surface area contributed by atoms with Gasteiger partial charge in [0.25, 0.3) is 5.91 Å². The molecule has 0 unspecified atom stereocenters. The first-order valence-corrected chi connectivity index (χ1v) is 8.40. The molecule has 1 amide bonds. The molecule has 26 heavy (non-hydrogen) atoms. The molecule has 9 nitrogen and oxygen atoms in total. The van der Waals surface area contributed by atoms with Crippen molar-refractivity contribution in [2.75, 3.05) is 10.6 Å². The molecule has 1 heterocycles. The van der Waals surface area contributed by atoms with Crippen LogP contribution in [0, 0.1) is 11.3 Å². The fraction of sp³-hybridized carbons (Fsp3) is 0.353. The number of hydrogen-bond donors (Lipinski definition) is 4. The van der Waals surface area contributed by atoms with Crippen LogP contribution in [0.4, 0.5) is 17.5 Å². The van der Waals surface area contributed by atoms with Crippen LogP contribution in [-0.4, -0.2) is 33.2 Å². The number of benzene rings is 1. The maximum Gasteiger partial charge on any atom is 0.273 e. The average molecular weight is 352 g/mol. The number of carbonyl (C=O) groups is 1. The highest BCUT2D eigenvalue weighted by Crippen LogP contribution is 2.22. The Bertz CT molecular complexity index is 830. The van der Waals surface area contributed by atoms with E-state index in [9.17, 15) is 4.79 Å². The summed E-state index contributed by atoms with van der Waals surface area (Å²) in [6.45, 7) is 0. The standard InChI is InChI=1S/C17H20N8O/c18-9-10-5-7-11(8-6-10)21-16-14(15(20)26)24-25-17(23-16)22-13-4-2-1-3-12(13)19/h5-8,12-13H,1-4,19H2,(H2,20,26)(H2,21,22,23,25)/t12-,13+/m0/s1. The Labute approximate surface area is 150 Å². The molecule has 1 aliphatic carbocycles. The summed E-state index contributed by atoms with van der Waals surface area (Å²) in [4.78, 5) is 16.0. The van der Waals surface area contributed by atoms with Crippen LogP contribution in [0.25, 0.3) is 0 Å². The first-order valence-electron chi connectivity index (χ1n) is 8.40. The predicted molar refractivity (Wildman–Crippen MR) is 96.6 cm³/mol. The highest BCUT2D eigenvalue weighted by molar-refractivity contribution is 5.96. The zero-order valence-corrected chi connectivity index (χ0v) is 14.1. The van der Waals surface area contributed by atoms with Crippen molar-refractivity contribution in [1.82, 2.24) is 15.2 Å². The van der Waals surface area contributed by atoms with Crippen molar-refractivity contribution in [2.45, 2.75) is 37.8 Å². The number of rotatable bonds is 5. The molecular weight excluding hydrogens is 332 g/mol. The lowest BCUT2D eigenvalue weighted by molar-refractivity contribution is 0.0995. The zero-order chi connectivity index (χ0) is 18.5. The summed E-state index contributed by atoms with van der Waals surface area (Å²) >= 11 is 0. The summed E-state index contributed by atoms with van der Waals surface area (Å²) < 4.78 is 0. The lowest BCUT2D eigenvalue weighted by atomic mass is 9.91. The van der Waals surface area contributed by atoms with Gasteiger partial charge in [-0.05, 0) is 37.1 Å². The van der Waals surface area contributed by atoms with E-state index in [0.717, 1.165) is 25.7 Å². The molecule has 1 aliphatic rings. The highest BCUT2D eigenvalue weighted by atomic mass is 16.1. The Balaban J connectivity index is 1.83. The Morgan fingerprint density at radius 2 is 1.92 bits per heavy atom. The first kappa shape index (κ1) is 17.6. The molecule has 2 atom stereocenters. The van der Waals surface area contributed by atoms with Gasteiger partial charge in [-0.3, -0.25) is 4.79 Å². The Morgan fingerprint density at radius 3 is 2.58 bits per heavy atom. The van der Waals surface area contributed by atoms with E-state index >= 15 is 0 Å². The fourth-order valence-electron chi connectivity index (χ4n) is 2.91. The first-order chi connectivity index (χ1) is 12.6. The predicted octanol–water partition coefficient (Wildman–Crippen LogP) is 1.27. The van der Waals surface area contributed by atoms with Crippen molar-refractivity contribution >= 4 is 23.4 Å². The minimum Gasteiger partial charge on any atom is -0.364 e. The summed E-state index contributed by atoms with van der Waals surface area (Å²) in [5, 5.41) is 22.9. The number of hydrogen-bond acceptors (Lipinski definition) is 8. The van der Waals surface area contributed by atoms with Crippen LogP contribution < -0.4 is 22.1 Å². The molecule has 134 valence electrons. The van der Waals surface area contributed by atoms with E-state index in [2.05, 4.69) is 25.8 Å². The van der Waals surface area contributed by atoms with Crippen molar-refractivity contribution in [3.63, 3.8) is 0 Å². The van der Waals surface area contributed by atoms with E-state index in [-0.39, 0.29) is 29.5 Å². The third-order valence-electron chi connectivity index (χ3n) is 4.33. The van der Waals surface area contributed by atoms with Crippen molar-refractivity contribution in [1.29, 1.82) is 5.26 Å². The van der Waals surface area contributed by atoms with E-state index in [1.165, 1.54) is 0 Å². The topological polar surface area (TPSA) is 156 Å². The quantitative estimate of drug-likeness (QED) is 0.626. The van der Waals surface area contributed by atoms with Crippen molar-refractivity contribution in [3.05, 3.63) is 35.5 Å². The van der Waals surface area contributed by atoms with Crippen LogP contribution in [0.3, 0.4) is 0 Å². The fourth-order valence-corrected chi connectivity index (χ4v) is 2.91. The summed E-state index contributed by atoms with van der Waals surface area (Å²) in [6.07, 6.45) is 4.08. The summed E-state index contributed by atoms with van der Waals surface area (Å²) in [5.41, 5.74) is 12.6. The van der Waals surface area contributed by atoms with Gasteiger partial charge in [0.1, 0.15) is 0 Å². The number of amides is 1. The molecule has 0 radical (unpaired) electrons. The number of primary amides is 1. The van der Waals surface area contributed by atoms with Gasteiger partial charge >= 0.3 is 0 Å². The molecule has 6 N–H and O–H groups in total. The lowest BCUT2D eigenvalue weighted by Gasteiger charge is -2.29. The second-order valence-electron chi connectivity index (χ2n) is 6.21. The van der Waals surface area contributed by atoms with Gasteiger partial charge in [-0.2, -0.15) is 10.2 Å². The number of carbonyl (C=O) groups excluding carboxylic acids is 1. The number of nitrogens with zero attached hydrogens (tertiary/aromatic N) is 4. The number of anilines is 3. The van der Waals surface area contributed by atoms with Crippen LogP contribution >= 0.6 is 0 Å². The molecule has 1 fully saturated rings. The van der Waals surface area contributed by atoms with Crippen LogP contribution in [0.5, 0.6) is 0 Å². The summed E-state index contributed by atoms with van der Waals surface area (Å²) in [7, 11) is 0. The summed E-state index contributed by atoms with van der Waals surface area (Å²) in [6, 6.07) is 8.85. The molecule has 1 saturated carbocycles. The number of aromatic nitrogens is 3. The molecule has 0 saturated heterocycles. The Kier molecular flexibility index (Phi) is 5.24. The lowest BCUT2D eigenvalue weighted by Crippen LogP contribution is -2.43. The van der Waals surface area contributed by atoms with E-state index in [1.54, 1.807) is 24.3 Å². The zero-order valence-electron chi connectivity index (χ0n) is 14.1. The van der Waals surface area contributed by atoms with Crippen LogP contribution in [0.2, 0.25) is 0 Å². The van der Waals surface area contributed by atoms with Gasteiger partial charge in [0.05, 0.1) is 11.6 Å². The van der Waals surface area contributed by atoms with Crippen molar-refractivity contribution < 1.29 is 4.79 Å².